The number of halogens is 2. The van der Waals surface area contributed by atoms with Crippen molar-refractivity contribution in [3.8, 4) is 5.75 Å². The molecule has 0 aliphatic carbocycles. The molecule has 0 saturated carbocycles. The number of anilines is 1. The Hall–Kier alpha value is -2.86. The molecule has 134 valence electrons. The van der Waals surface area contributed by atoms with Crippen LogP contribution < -0.4 is 15.7 Å². The Morgan fingerprint density at radius 3 is 2.77 bits per heavy atom. The molecule has 3 aromatic rings. The zero-order chi connectivity index (χ0) is 18.7. The number of hydrogen-bond acceptors (Lipinski definition) is 4. The van der Waals surface area contributed by atoms with Crippen LogP contribution in [0.1, 0.15) is 12.5 Å². The number of fused-ring (bicyclic) bond motifs is 1. The lowest BCUT2D eigenvalue weighted by atomic mass is 10.1. The highest BCUT2D eigenvalue weighted by Crippen LogP contribution is 2.24. The van der Waals surface area contributed by atoms with E-state index in [1.165, 1.54) is 18.2 Å². The van der Waals surface area contributed by atoms with Crippen LogP contribution in [0.4, 0.5) is 10.1 Å². The smallest absolute Gasteiger partial charge is 0.336 e. The summed E-state index contributed by atoms with van der Waals surface area (Å²) in [6, 6.07) is 10.2. The molecule has 0 bridgehead atoms. The van der Waals surface area contributed by atoms with Crippen LogP contribution in [-0.4, -0.2) is 12.5 Å². The Morgan fingerprint density at radius 2 is 2.04 bits per heavy atom. The van der Waals surface area contributed by atoms with E-state index in [0.29, 0.717) is 23.4 Å². The minimum absolute atomic E-state index is 0.0953. The predicted octanol–water partition coefficient (Wildman–Crippen LogP) is 4.17. The van der Waals surface area contributed by atoms with E-state index in [2.05, 4.69) is 5.32 Å². The number of nitrogens with one attached hydrogen (secondary N) is 1. The number of ether oxygens (including phenoxy) is 1. The van der Waals surface area contributed by atoms with Gasteiger partial charge in [0.25, 0.3) is 5.91 Å². The molecule has 0 fully saturated rings. The number of amides is 1. The number of rotatable bonds is 5. The number of aryl methyl sites for hydroxylation is 1. The summed E-state index contributed by atoms with van der Waals surface area (Å²) in [7, 11) is 0. The van der Waals surface area contributed by atoms with E-state index in [-0.39, 0.29) is 11.6 Å². The second-order valence-corrected chi connectivity index (χ2v) is 5.97. The van der Waals surface area contributed by atoms with Gasteiger partial charge in [-0.2, -0.15) is 0 Å². The van der Waals surface area contributed by atoms with Crippen LogP contribution >= 0.6 is 11.6 Å². The van der Waals surface area contributed by atoms with E-state index >= 15 is 0 Å². The summed E-state index contributed by atoms with van der Waals surface area (Å²) in [5.41, 5.74) is 1.13. The standard InChI is InChI=1S/C19H15ClFNO4/c1-2-11-7-19(24)26-17-9-13(4-5-14(11)17)25-10-18(23)22-16-6-3-12(21)8-15(16)20/h3-9H,2,10H2,1H3,(H,22,23). The molecule has 2 aromatic carbocycles. The zero-order valence-corrected chi connectivity index (χ0v) is 14.6. The number of hydrogen-bond donors (Lipinski definition) is 1. The van der Waals surface area contributed by atoms with Crippen molar-refractivity contribution in [3.05, 3.63) is 69.3 Å². The Labute approximate surface area is 153 Å². The number of carbonyl (C=O) groups is 1. The van der Waals surface area contributed by atoms with Crippen LogP contribution in [0.25, 0.3) is 11.0 Å². The lowest BCUT2D eigenvalue weighted by Crippen LogP contribution is -2.20. The van der Waals surface area contributed by atoms with Crippen molar-refractivity contribution in [3.63, 3.8) is 0 Å². The van der Waals surface area contributed by atoms with Crippen LogP contribution in [0.15, 0.2) is 51.7 Å². The average molecular weight is 376 g/mol. The first-order valence-corrected chi connectivity index (χ1v) is 8.28. The van der Waals surface area contributed by atoms with Crippen molar-refractivity contribution in [1.29, 1.82) is 0 Å². The maximum Gasteiger partial charge on any atom is 0.336 e. The van der Waals surface area contributed by atoms with Gasteiger partial charge >= 0.3 is 5.63 Å². The highest BCUT2D eigenvalue weighted by molar-refractivity contribution is 6.33. The fraction of sp³-hybridized carbons (Fsp3) is 0.158. The van der Waals surface area contributed by atoms with E-state index < -0.39 is 17.3 Å². The SMILES string of the molecule is CCc1cc(=O)oc2cc(OCC(=O)Nc3ccc(F)cc3Cl)ccc12. The Morgan fingerprint density at radius 1 is 1.23 bits per heavy atom. The van der Waals surface area contributed by atoms with Gasteiger partial charge in [-0.1, -0.05) is 18.5 Å². The van der Waals surface area contributed by atoms with Crippen LogP contribution in [-0.2, 0) is 11.2 Å². The largest absolute Gasteiger partial charge is 0.484 e. The first-order valence-electron chi connectivity index (χ1n) is 7.90. The summed E-state index contributed by atoms with van der Waals surface area (Å²) in [6.07, 6.45) is 0.698. The van der Waals surface area contributed by atoms with Gasteiger partial charge in [-0.3, -0.25) is 4.79 Å². The minimum atomic E-state index is -0.492. The molecule has 5 nitrogen and oxygen atoms in total. The average Bonchev–Trinajstić information content (AvgIpc) is 2.61. The molecular formula is C19H15ClFNO4. The molecule has 0 spiro atoms. The minimum Gasteiger partial charge on any atom is -0.484 e. The zero-order valence-electron chi connectivity index (χ0n) is 13.8. The molecule has 1 aromatic heterocycles. The Balaban J connectivity index is 1.71. The molecule has 0 unspecified atom stereocenters. The van der Waals surface area contributed by atoms with Gasteiger partial charge in [0.2, 0.25) is 0 Å². The molecule has 0 aliphatic heterocycles. The molecule has 26 heavy (non-hydrogen) atoms. The predicted molar refractivity (Wildman–Crippen MR) is 97.4 cm³/mol. The van der Waals surface area contributed by atoms with Crippen LogP contribution in [0, 0.1) is 5.82 Å². The highest BCUT2D eigenvalue weighted by Gasteiger charge is 2.10. The molecule has 0 radical (unpaired) electrons. The van der Waals surface area contributed by atoms with Gasteiger partial charge in [-0.15, -0.1) is 0 Å². The van der Waals surface area contributed by atoms with Gasteiger partial charge in [-0.25, -0.2) is 9.18 Å². The second kappa shape index (κ2) is 7.58. The van der Waals surface area contributed by atoms with Gasteiger partial charge in [0, 0.05) is 17.5 Å². The molecule has 1 N–H and O–H groups in total. The first-order chi connectivity index (χ1) is 12.5. The summed E-state index contributed by atoms with van der Waals surface area (Å²) in [5.74, 6) is -0.565. The molecule has 0 aliphatic rings. The molecule has 0 atom stereocenters. The third-order valence-corrected chi connectivity index (χ3v) is 4.07. The van der Waals surface area contributed by atoms with Crippen molar-refractivity contribution in [2.75, 3.05) is 11.9 Å². The molecular weight excluding hydrogens is 361 g/mol. The topological polar surface area (TPSA) is 68.5 Å². The van der Waals surface area contributed by atoms with Crippen LogP contribution in [0.2, 0.25) is 5.02 Å². The quantitative estimate of drug-likeness (QED) is 0.680. The maximum absolute atomic E-state index is 13.0. The Bertz CT molecular complexity index is 1030. The van der Waals surface area contributed by atoms with E-state index in [9.17, 15) is 14.0 Å². The van der Waals surface area contributed by atoms with Crippen molar-refractivity contribution in [2.45, 2.75) is 13.3 Å². The van der Waals surface area contributed by atoms with Crippen LogP contribution in [0.5, 0.6) is 5.75 Å². The van der Waals surface area contributed by atoms with Gasteiger partial charge < -0.3 is 14.5 Å². The van der Waals surface area contributed by atoms with Gasteiger partial charge in [0.15, 0.2) is 6.61 Å². The van der Waals surface area contributed by atoms with E-state index in [1.807, 2.05) is 6.92 Å². The van der Waals surface area contributed by atoms with Crippen molar-refractivity contribution in [1.82, 2.24) is 0 Å². The monoisotopic (exact) mass is 375 g/mol. The van der Waals surface area contributed by atoms with E-state index in [1.54, 1.807) is 18.2 Å². The van der Waals surface area contributed by atoms with Gasteiger partial charge in [0.05, 0.1) is 10.7 Å². The fourth-order valence-corrected chi connectivity index (χ4v) is 2.73. The number of carbonyl (C=O) groups excluding carboxylic acids is 1. The summed E-state index contributed by atoms with van der Waals surface area (Å²) in [4.78, 5) is 23.6. The second-order valence-electron chi connectivity index (χ2n) is 5.56. The summed E-state index contributed by atoms with van der Waals surface area (Å²) < 4.78 is 23.6. The lowest BCUT2D eigenvalue weighted by Gasteiger charge is -2.10. The number of benzene rings is 2. The summed E-state index contributed by atoms with van der Waals surface area (Å²) in [6.45, 7) is 1.67. The molecule has 3 rings (SSSR count). The normalized spacial score (nSPS) is 10.7. The molecule has 1 amide bonds. The maximum atomic E-state index is 13.0. The summed E-state index contributed by atoms with van der Waals surface area (Å²) in [5, 5.41) is 3.45. The van der Waals surface area contributed by atoms with E-state index in [4.69, 9.17) is 20.8 Å². The van der Waals surface area contributed by atoms with E-state index in [0.717, 1.165) is 17.0 Å². The molecule has 1 heterocycles. The Kier molecular flexibility index (Phi) is 5.23. The van der Waals surface area contributed by atoms with Gasteiger partial charge in [-0.05, 0) is 42.3 Å². The third-order valence-electron chi connectivity index (χ3n) is 3.76. The molecule has 7 heteroatoms. The first kappa shape index (κ1) is 17.9. The van der Waals surface area contributed by atoms with Crippen molar-refractivity contribution in [2.24, 2.45) is 0 Å². The van der Waals surface area contributed by atoms with Crippen LogP contribution in [0.3, 0.4) is 0 Å². The van der Waals surface area contributed by atoms with Gasteiger partial charge in [0.1, 0.15) is 17.1 Å². The third kappa shape index (κ3) is 4.03. The fourth-order valence-electron chi connectivity index (χ4n) is 2.52. The van der Waals surface area contributed by atoms with Crippen molar-refractivity contribution >= 4 is 34.2 Å². The van der Waals surface area contributed by atoms with Crippen molar-refractivity contribution < 1.29 is 18.3 Å². The molecule has 0 saturated heterocycles. The lowest BCUT2D eigenvalue weighted by molar-refractivity contribution is -0.118. The highest BCUT2D eigenvalue weighted by atomic mass is 35.5. The summed E-state index contributed by atoms with van der Waals surface area (Å²) >= 11 is 5.86.